The quantitative estimate of drug-likeness (QED) is 0.864. The molecule has 1 aromatic rings. The Labute approximate surface area is 117 Å². The molecule has 0 spiro atoms. The summed E-state index contributed by atoms with van der Waals surface area (Å²) in [5.41, 5.74) is 2.26. The molecule has 1 aromatic carbocycles. The van der Waals surface area contributed by atoms with Crippen LogP contribution in [0.2, 0.25) is 0 Å². The van der Waals surface area contributed by atoms with Gasteiger partial charge in [-0.1, -0.05) is 46.2 Å². The number of carbonyl (C=O) groups excluding carboxylic acids is 1. The Bertz CT molecular complexity index is 404. The van der Waals surface area contributed by atoms with Crippen LogP contribution < -0.4 is 5.32 Å². The number of unbranched alkanes of at least 4 members (excludes halogenated alkanes) is 1. The van der Waals surface area contributed by atoms with Gasteiger partial charge in [0.15, 0.2) is 0 Å². The first-order chi connectivity index (χ1) is 8.84. The summed E-state index contributed by atoms with van der Waals surface area (Å²) in [6.07, 6.45) is 2.13. The van der Waals surface area contributed by atoms with E-state index in [9.17, 15) is 4.79 Å². The van der Waals surface area contributed by atoms with E-state index in [0.29, 0.717) is 0 Å². The number of urea groups is 1. The van der Waals surface area contributed by atoms with Gasteiger partial charge in [0, 0.05) is 19.3 Å². The molecule has 0 atom stereocenters. The molecule has 0 fully saturated rings. The van der Waals surface area contributed by atoms with E-state index < -0.39 is 0 Å². The van der Waals surface area contributed by atoms with Crippen molar-refractivity contribution in [2.24, 2.45) is 0 Å². The molecule has 0 aliphatic heterocycles. The lowest BCUT2D eigenvalue weighted by Crippen LogP contribution is -2.32. The third-order valence-electron chi connectivity index (χ3n) is 3.20. The largest absolute Gasteiger partial charge is 0.328 e. The van der Waals surface area contributed by atoms with Gasteiger partial charge in [0.2, 0.25) is 0 Å². The van der Waals surface area contributed by atoms with Crippen molar-refractivity contribution < 1.29 is 4.79 Å². The van der Waals surface area contributed by atoms with E-state index in [2.05, 4.69) is 45.1 Å². The minimum atomic E-state index is -0.0445. The van der Waals surface area contributed by atoms with Crippen molar-refractivity contribution in [3.05, 3.63) is 29.8 Å². The Morgan fingerprint density at radius 1 is 1.21 bits per heavy atom. The Hall–Kier alpha value is -1.51. The summed E-state index contributed by atoms with van der Waals surface area (Å²) in [6.45, 7) is 9.46. The number of carbonyl (C=O) groups is 1. The molecule has 0 saturated carbocycles. The van der Waals surface area contributed by atoms with Crippen LogP contribution in [0.15, 0.2) is 24.3 Å². The van der Waals surface area contributed by atoms with E-state index in [0.717, 1.165) is 25.1 Å². The molecule has 0 saturated heterocycles. The Kier molecular flexibility index (Phi) is 5.40. The van der Waals surface area contributed by atoms with Crippen LogP contribution >= 0.6 is 0 Å². The van der Waals surface area contributed by atoms with Crippen LogP contribution in [0.1, 0.15) is 46.1 Å². The molecule has 1 N–H and O–H groups in total. The summed E-state index contributed by atoms with van der Waals surface area (Å²) in [7, 11) is 1.83. The summed E-state index contributed by atoms with van der Waals surface area (Å²) in [5, 5.41) is 2.92. The number of amides is 2. The number of nitrogens with one attached hydrogen (secondary N) is 1. The highest BCUT2D eigenvalue weighted by molar-refractivity contribution is 5.89. The number of hydrogen-bond acceptors (Lipinski definition) is 1. The SMILES string of the molecule is CCCCN(C)C(=O)Nc1ccc(C(C)(C)C)cc1. The fourth-order valence-electron chi connectivity index (χ4n) is 1.77. The highest BCUT2D eigenvalue weighted by Crippen LogP contribution is 2.23. The van der Waals surface area contributed by atoms with Gasteiger partial charge in [-0.05, 0) is 29.5 Å². The lowest BCUT2D eigenvalue weighted by atomic mass is 9.87. The molecule has 3 nitrogen and oxygen atoms in total. The molecule has 0 aromatic heterocycles. The molecule has 0 radical (unpaired) electrons. The molecule has 0 bridgehead atoms. The molecule has 0 aliphatic rings. The highest BCUT2D eigenvalue weighted by Gasteiger charge is 2.13. The van der Waals surface area contributed by atoms with Crippen LogP contribution in [0.4, 0.5) is 10.5 Å². The Morgan fingerprint density at radius 3 is 2.26 bits per heavy atom. The fraction of sp³-hybridized carbons (Fsp3) is 0.562. The van der Waals surface area contributed by atoms with Crippen LogP contribution in [0.5, 0.6) is 0 Å². The van der Waals surface area contributed by atoms with E-state index in [1.807, 2.05) is 19.2 Å². The zero-order valence-electron chi connectivity index (χ0n) is 12.8. The second-order valence-electron chi connectivity index (χ2n) is 6.03. The van der Waals surface area contributed by atoms with Gasteiger partial charge in [-0.2, -0.15) is 0 Å². The first kappa shape index (κ1) is 15.5. The Morgan fingerprint density at radius 2 is 1.79 bits per heavy atom. The molecular weight excluding hydrogens is 236 g/mol. The third-order valence-corrected chi connectivity index (χ3v) is 3.20. The van der Waals surface area contributed by atoms with Crippen LogP contribution in [0, 0.1) is 0 Å². The first-order valence-electron chi connectivity index (χ1n) is 6.97. The summed E-state index contributed by atoms with van der Waals surface area (Å²) in [4.78, 5) is 13.6. The second kappa shape index (κ2) is 6.60. The molecule has 0 aliphatic carbocycles. The van der Waals surface area contributed by atoms with Crippen molar-refractivity contribution >= 4 is 11.7 Å². The van der Waals surface area contributed by atoms with Gasteiger partial charge in [0.25, 0.3) is 0 Å². The maximum absolute atomic E-state index is 11.9. The number of rotatable bonds is 4. The van der Waals surface area contributed by atoms with Crippen molar-refractivity contribution in [3.63, 3.8) is 0 Å². The van der Waals surface area contributed by atoms with Gasteiger partial charge in [0.1, 0.15) is 0 Å². The van der Waals surface area contributed by atoms with Crippen LogP contribution in [0.3, 0.4) is 0 Å². The monoisotopic (exact) mass is 262 g/mol. The molecule has 2 amide bonds. The molecule has 19 heavy (non-hydrogen) atoms. The van der Waals surface area contributed by atoms with Crippen LogP contribution in [0.25, 0.3) is 0 Å². The third kappa shape index (κ3) is 4.93. The topological polar surface area (TPSA) is 32.3 Å². The van der Waals surface area contributed by atoms with E-state index in [-0.39, 0.29) is 11.4 Å². The number of anilines is 1. The highest BCUT2D eigenvalue weighted by atomic mass is 16.2. The zero-order chi connectivity index (χ0) is 14.5. The molecule has 0 heterocycles. The van der Waals surface area contributed by atoms with Gasteiger partial charge in [0.05, 0.1) is 0 Å². The number of hydrogen-bond donors (Lipinski definition) is 1. The van der Waals surface area contributed by atoms with Gasteiger partial charge < -0.3 is 10.2 Å². The van der Waals surface area contributed by atoms with Crippen LogP contribution in [-0.2, 0) is 5.41 Å². The normalized spacial score (nSPS) is 11.2. The van der Waals surface area contributed by atoms with Crippen molar-refractivity contribution in [3.8, 4) is 0 Å². The maximum atomic E-state index is 11.9. The van der Waals surface area contributed by atoms with Crippen molar-refractivity contribution in [2.75, 3.05) is 18.9 Å². The lowest BCUT2D eigenvalue weighted by molar-refractivity contribution is 0.222. The standard InChI is InChI=1S/C16H26N2O/c1-6-7-12-18(5)15(19)17-14-10-8-13(9-11-14)16(2,3)4/h8-11H,6-7,12H2,1-5H3,(H,17,19). The molecule has 106 valence electrons. The van der Waals surface area contributed by atoms with E-state index in [1.54, 1.807) is 4.90 Å². The lowest BCUT2D eigenvalue weighted by Gasteiger charge is -2.20. The summed E-state index contributed by atoms with van der Waals surface area (Å²) >= 11 is 0. The average Bonchev–Trinajstić information content (AvgIpc) is 2.35. The molecular formula is C16H26N2O. The van der Waals surface area contributed by atoms with Gasteiger partial charge >= 0.3 is 6.03 Å². The molecule has 0 unspecified atom stereocenters. The second-order valence-corrected chi connectivity index (χ2v) is 6.03. The van der Waals surface area contributed by atoms with Crippen molar-refractivity contribution in [2.45, 2.75) is 46.0 Å². The minimum Gasteiger partial charge on any atom is -0.328 e. The van der Waals surface area contributed by atoms with Gasteiger partial charge in [-0.25, -0.2) is 4.79 Å². The number of benzene rings is 1. The predicted octanol–water partition coefficient (Wildman–Crippen LogP) is 4.25. The van der Waals surface area contributed by atoms with E-state index in [4.69, 9.17) is 0 Å². The first-order valence-corrected chi connectivity index (χ1v) is 6.97. The Balaban J connectivity index is 2.60. The summed E-state index contributed by atoms with van der Waals surface area (Å²) in [6, 6.07) is 8.03. The van der Waals surface area contributed by atoms with Crippen LogP contribution in [-0.4, -0.2) is 24.5 Å². The summed E-state index contributed by atoms with van der Waals surface area (Å²) in [5.74, 6) is 0. The van der Waals surface area contributed by atoms with E-state index >= 15 is 0 Å². The molecule has 1 rings (SSSR count). The average molecular weight is 262 g/mol. The zero-order valence-corrected chi connectivity index (χ0v) is 12.8. The van der Waals surface area contributed by atoms with E-state index in [1.165, 1.54) is 5.56 Å². The van der Waals surface area contributed by atoms with Crippen molar-refractivity contribution in [1.82, 2.24) is 4.90 Å². The van der Waals surface area contributed by atoms with Crippen molar-refractivity contribution in [1.29, 1.82) is 0 Å². The maximum Gasteiger partial charge on any atom is 0.321 e. The minimum absolute atomic E-state index is 0.0445. The van der Waals surface area contributed by atoms with Gasteiger partial charge in [-0.15, -0.1) is 0 Å². The number of nitrogens with zero attached hydrogens (tertiary/aromatic N) is 1. The molecule has 3 heteroatoms. The fourth-order valence-corrected chi connectivity index (χ4v) is 1.77. The predicted molar refractivity (Wildman–Crippen MR) is 81.7 cm³/mol. The smallest absolute Gasteiger partial charge is 0.321 e. The summed E-state index contributed by atoms with van der Waals surface area (Å²) < 4.78 is 0. The van der Waals surface area contributed by atoms with Gasteiger partial charge in [-0.3, -0.25) is 0 Å².